The topological polar surface area (TPSA) is 101 Å². The second-order valence-electron chi connectivity index (χ2n) is 6.99. The largest absolute Gasteiger partial charge is 0.436 e. The molecule has 2 N–H and O–H groups in total. The highest BCUT2D eigenvalue weighted by Gasteiger charge is 2.16. The van der Waals surface area contributed by atoms with Crippen LogP contribution in [0.2, 0.25) is 5.02 Å². The van der Waals surface area contributed by atoms with E-state index in [9.17, 15) is 13.2 Å². The van der Waals surface area contributed by atoms with E-state index >= 15 is 0 Å². The summed E-state index contributed by atoms with van der Waals surface area (Å²) >= 11 is 5.82. The molecule has 7 nitrogen and oxygen atoms in total. The van der Waals surface area contributed by atoms with Crippen LogP contribution < -0.4 is 15.7 Å². The minimum Gasteiger partial charge on any atom is -0.436 e. The molecule has 0 spiro atoms. The van der Waals surface area contributed by atoms with Crippen molar-refractivity contribution in [1.29, 1.82) is 0 Å². The van der Waals surface area contributed by atoms with Crippen LogP contribution in [0.5, 0.6) is 0 Å². The molecule has 1 amide bonds. The van der Waals surface area contributed by atoms with E-state index in [1.165, 1.54) is 24.3 Å². The average molecular weight is 468 g/mol. The summed E-state index contributed by atoms with van der Waals surface area (Å²) in [6, 6.07) is 21.6. The normalized spacial score (nSPS) is 12.0. The smallest absolute Gasteiger partial charge is 0.276 e. The first-order valence-corrected chi connectivity index (χ1v) is 11.4. The molecule has 0 atom stereocenters. The predicted octanol–water partition coefficient (Wildman–Crippen LogP) is 4.44. The number of fused-ring (bicyclic) bond motifs is 1. The minimum atomic E-state index is -4.00. The Morgan fingerprint density at radius 3 is 2.47 bits per heavy atom. The molecule has 0 aliphatic rings. The van der Waals surface area contributed by atoms with Gasteiger partial charge in [0.1, 0.15) is 11.1 Å². The second kappa shape index (κ2) is 8.86. The van der Waals surface area contributed by atoms with Gasteiger partial charge in [-0.25, -0.2) is 0 Å². The highest BCUT2D eigenvalue weighted by Crippen LogP contribution is 2.16. The number of halogens is 1. The van der Waals surface area contributed by atoms with E-state index in [1.807, 2.05) is 25.1 Å². The standard InChI is InChI=1S/C23H18ClN3O4S/c1-15-5-4-7-18(13-15)25-22(28)20-14-16-6-2-3-8-21(16)31-23(20)26-27-32(29,30)19-11-9-17(24)10-12-19/h2-14,27H,1H3,(H,25,28)/b26-23-. The molecule has 162 valence electrons. The monoisotopic (exact) mass is 467 g/mol. The van der Waals surface area contributed by atoms with Gasteiger partial charge in [-0.1, -0.05) is 41.9 Å². The van der Waals surface area contributed by atoms with Gasteiger partial charge in [0.2, 0.25) is 5.55 Å². The SMILES string of the molecule is Cc1cccc(NC(=O)c2cc3ccccc3o/c2=N\NS(=O)(=O)c2ccc(Cl)cc2)c1. The van der Waals surface area contributed by atoms with Crippen molar-refractivity contribution < 1.29 is 17.6 Å². The Bertz CT molecular complexity index is 1480. The van der Waals surface area contributed by atoms with E-state index < -0.39 is 15.9 Å². The van der Waals surface area contributed by atoms with Gasteiger partial charge in [0, 0.05) is 16.1 Å². The lowest BCUT2D eigenvalue weighted by Gasteiger charge is -2.08. The summed E-state index contributed by atoms with van der Waals surface area (Å²) in [7, 11) is -4.00. The number of anilines is 1. The van der Waals surface area contributed by atoms with Crippen molar-refractivity contribution in [1.82, 2.24) is 4.83 Å². The maximum atomic E-state index is 13.0. The van der Waals surface area contributed by atoms with Crippen molar-refractivity contribution in [3.05, 3.63) is 101 Å². The first-order valence-electron chi connectivity index (χ1n) is 9.54. The van der Waals surface area contributed by atoms with E-state index in [0.29, 0.717) is 21.7 Å². The molecular formula is C23H18ClN3O4S. The van der Waals surface area contributed by atoms with Gasteiger partial charge < -0.3 is 9.73 Å². The first kappa shape index (κ1) is 21.6. The summed E-state index contributed by atoms with van der Waals surface area (Å²) in [6.45, 7) is 1.91. The van der Waals surface area contributed by atoms with Gasteiger partial charge in [0.15, 0.2) is 0 Å². The average Bonchev–Trinajstić information content (AvgIpc) is 2.77. The second-order valence-corrected chi connectivity index (χ2v) is 9.08. The van der Waals surface area contributed by atoms with Crippen molar-refractivity contribution in [2.24, 2.45) is 5.10 Å². The maximum Gasteiger partial charge on any atom is 0.276 e. The number of rotatable bonds is 5. The molecule has 1 heterocycles. The van der Waals surface area contributed by atoms with Crippen molar-refractivity contribution >= 4 is 44.2 Å². The molecule has 0 saturated carbocycles. The summed E-state index contributed by atoms with van der Waals surface area (Å²) in [5, 5.41) is 7.77. The number of amides is 1. The number of hydrogen-bond acceptors (Lipinski definition) is 5. The number of carbonyl (C=O) groups is 1. The molecule has 0 aliphatic carbocycles. The summed E-state index contributed by atoms with van der Waals surface area (Å²) in [4.78, 5) is 15.1. The molecule has 4 aromatic rings. The van der Waals surface area contributed by atoms with Crippen LogP contribution in [0.25, 0.3) is 11.0 Å². The van der Waals surface area contributed by atoms with Crippen LogP contribution in [0.4, 0.5) is 5.69 Å². The van der Waals surface area contributed by atoms with Crippen LogP contribution >= 0.6 is 11.6 Å². The number of aryl methyl sites for hydroxylation is 1. The third-order valence-electron chi connectivity index (χ3n) is 4.57. The van der Waals surface area contributed by atoms with Gasteiger partial charge in [-0.05, 0) is 61.0 Å². The number of benzene rings is 3. The van der Waals surface area contributed by atoms with Crippen molar-refractivity contribution in [2.75, 3.05) is 5.32 Å². The molecule has 0 radical (unpaired) electrons. The highest BCUT2D eigenvalue weighted by molar-refractivity contribution is 7.89. The van der Waals surface area contributed by atoms with Crippen LogP contribution in [0.15, 0.2) is 93.3 Å². The van der Waals surface area contributed by atoms with Gasteiger partial charge in [-0.2, -0.15) is 13.2 Å². The first-order chi connectivity index (χ1) is 15.3. The summed E-state index contributed by atoms with van der Waals surface area (Å²) in [6.07, 6.45) is 0. The molecule has 0 bridgehead atoms. The fraction of sp³-hybridized carbons (Fsp3) is 0.0435. The molecule has 0 fully saturated rings. The molecule has 0 unspecified atom stereocenters. The third kappa shape index (κ3) is 4.82. The molecule has 3 aromatic carbocycles. The zero-order valence-electron chi connectivity index (χ0n) is 16.9. The van der Waals surface area contributed by atoms with Crippen LogP contribution in [-0.4, -0.2) is 14.3 Å². The lowest BCUT2D eigenvalue weighted by atomic mass is 10.1. The molecule has 32 heavy (non-hydrogen) atoms. The summed E-state index contributed by atoms with van der Waals surface area (Å²) in [5.74, 6) is -0.491. The van der Waals surface area contributed by atoms with Crippen LogP contribution in [-0.2, 0) is 10.0 Å². The Kier molecular flexibility index (Phi) is 5.98. The number of nitrogens with zero attached hydrogens (tertiary/aromatic N) is 1. The number of hydrogen-bond donors (Lipinski definition) is 2. The Hall–Kier alpha value is -3.62. The zero-order chi connectivity index (χ0) is 22.7. The molecule has 0 saturated heterocycles. The molecule has 1 aromatic heterocycles. The quantitative estimate of drug-likeness (QED) is 0.423. The summed E-state index contributed by atoms with van der Waals surface area (Å²) in [5.41, 5.74) is 1.92. The Balaban J connectivity index is 1.75. The van der Waals surface area contributed by atoms with Crippen LogP contribution in [0.3, 0.4) is 0 Å². The molecule has 4 rings (SSSR count). The fourth-order valence-electron chi connectivity index (χ4n) is 3.00. The van der Waals surface area contributed by atoms with Gasteiger partial charge >= 0.3 is 0 Å². The summed E-state index contributed by atoms with van der Waals surface area (Å²) < 4.78 is 31.0. The van der Waals surface area contributed by atoms with E-state index in [-0.39, 0.29) is 16.0 Å². The Morgan fingerprint density at radius 2 is 1.72 bits per heavy atom. The van der Waals surface area contributed by atoms with Gasteiger partial charge in [0.25, 0.3) is 15.9 Å². The lowest BCUT2D eigenvalue weighted by Crippen LogP contribution is -2.27. The van der Waals surface area contributed by atoms with Crippen LogP contribution in [0, 0.1) is 6.92 Å². The minimum absolute atomic E-state index is 0.0304. The molecule has 9 heteroatoms. The number of carbonyl (C=O) groups excluding carboxylic acids is 1. The molecule has 0 aliphatic heterocycles. The highest BCUT2D eigenvalue weighted by atomic mass is 35.5. The third-order valence-corrected chi connectivity index (χ3v) is 6.04. The van der Waals surface area contributed by atoms with Crippen molar-refractivity contribution in [3.8, 4) is 0 Å². The number of sulfonamides is 1. The van der Waals surface area contributed by atoms with E-state index in [2.05, 4.69) is 15.2 Å². The van der Waals surface area contributed by atoms with Crippen molar-refractivity contribution in [3.63, 3.8) is 0 Å². The van der Waals surface area contributed by atoms with E-state index in [1.54, 1.807) is 36.4 Å². The zero-order valence-corrected chi connectivity index (χ0v) is 18.4. The lowest BCUT2D eigenvalue weighted by molar-refractivity contribution is 0.102. The Morgan fingerprint density at radius 1 is 0.969 bits per heavy atom. The van der Waals surface area contributed by atoms with E-state index in [0.717, 1.165) is 5.56 Å². The van der Waals surface area contributed by atoms with Gasteiger partial charge in [-0.3, -0.25) is 4.79 Å². The maximum absolute atomic E-state index is 13.0. The van der Waals surface area contributed by atoms with Crippen LogP contribution in [0.1, 0.15) is 15.9 Å². The predicted molar refractivity (Wildman–Crippen MR) is 123 cm³/mol. The van der Waals surface area contributed by atoms with Gasteiger partial charge in [0.05, 0.1) is 4.90 Å². The Labute approximate surface area is 189 Å². The fourth-order valence-corrected chi connectivity index (χ4v) is 3.93. The molecular weight excluding hydrogens is 450 g/mol. The number of nitrogens with one attached hydrogen (secondary N) is 2. The van der Waals surface area contributed by atoms with E-state index in [4.69, 9.17) is 16.0 Å². The van der Waals surface area contributed by atoms with Gasteiger partial charge in [-0.15, -0.1) is 5.10 Å². The van der Waals surface area contributed by atoms with Crippen molar-refractivity contribution in [2.45, 2.75) is 11.8 Å². The number of para-hydroxylation sites is 1.